The van der Waals surface area contributed by atoms with E-state index in [-0.39, 0.29) is 10.9 Å². The molecule has 3 heteroatoms. The van der Waals surface area contributed by atoms with Crippen LogP contribution < -0.4 is 10.0 Å². The molecule has 0 aliphatic carbocycles. The number of hydrogen-bond donors (Lipinski definition) is 0. The zero-order valence-electron chi connectivity index (χ0n) is 16.9. The van der Waals surface area contributed by atoms with Gasteiger partial charge in [0.05, 0.1) is 7.11 Å². The third kappa shape index (κ3) is 4.18. The number of rotatable bonds is 8. The topological polar surface area (TPSA) is 26.3 Å². The molecule has 2 atom stereocenters. The van der Waals surface area contributed by atoms with Crippen LogP contribution in [0.3, 0.4) is 0 Å². The van der Waals surface area contributed by atoms with E-state index >= 15 is 0 Å². The molecule has 0 N–H and O–H groups in total. The molecule has 0 fully saturated rings. The number of aryl methyl sites for hydroxylation is 2. The van der Waals surface area contributed by atoms with E-state index in [0.29, 0.717) is 8.58 Å². The summed E-state index contributed by atoms with van der Waals surface area (Å²) < 4.78 is 5.84. The molecule has 0 saturated carbocycles. The molecule has 0 saturated heterocycles. The van der Waals surface area contributed by atoms with Crippen LogP contribution in [0.2, 0.25) is 0 Å². The van der Waals surface area contributed by atoms with Crippen molar-refractivity contribution in [2.24, 2.45) is 0 Å². The number of carbonyl (C=O) groups is 1. The molecule has 2 rings (SSSR count). The summed E-state index contributed by atoms with van der Waals surface area (Å²) in [7, 11) is 2.30. The van der Waals surface area contributed by atoms with E-state index < -0.39 is 0 Å². The van der Waals surface area contributed by atoms with Crippen molar-refractivity contribution in [3.63, 3.8) is 0 Å². The van der Waals surface area contributed by atoms with Crippen LogP contribution >= 0.6 is 8.58 Å². The van der Waals surface area contributed by atoms with E-state index in [1.165, 1.54) is 16.7 Å². The Morgan fingerprint density at radius 1 is 1.15 bits per heavy atom. The van der Waals surface area contributed by atoms with Crippen molar-refractivity contribution < 1.29 is 9.53 Å². The van der Waals surface area contributed by atoms with Gasteiger partial charge in [0.15, 0.2) is 5.78 Å². The Balaban J connectivity index is 2.66. The fourth-order valence-corrected chi connectivity index (χ4v) is 5.85. The van der Waals surface area contributed by atoms with Crippen LogP contribution in [0.4, 0.5) is 0 Å². The van der Waals surface area contributed by atoms with Crippen LogP contribution in [0.1, 0.15) is 67.1 Å². The predicted molar refractivity (Wildman–Crippen MR) is 114 cm³/mol. The third-order valence-electron chi connectivity index (χ3n) is 5.10. The summed E-state index contributed by atoms with van der Waals surface area (Å²) in [5.41, 5.74) is 4.58. The van der Waals surface area contributed by atoms with Gasteiger partial charge in [0, 0.05) is 16.3 Å². The van der Waals surface area contributed by atoms with Gasteiger partial charge >= 0.3 is 0 Å². The van der Waals surface area contributed by atoms with Crippen LogP contribution in [0.15, 0.2) is 36.4 Å². The summed E-state index contributed by atoms with van der Waals surface area (Å²) in [5, 5.41) is 1.15. The van der Waals surface area contributed by atoms with E-state index in [2.05, 4.69) is 45.9 Å². The van der Waals surface area contributed by atoms with E-state index in [1.807, 2.05) is 18.2 Å². The lowest BCUT2D eigenvalue weighted by Crippen LogP contribution is -2.25. The van der Waals surface area contributed by atoms with Gasteiger partial charge in [0.1, 0.15) is 5.75 Å². The van der Waals surface area contributed by atoms with Gasteiger partial charge in [0.2, 0.25) is 0 Å². The minimum absolute atomic E-state index is 0.0115. The highest BCUT2D eigenvalue weighted by molar-refractivity contribution is 7.48. The average molecular weight is 370 g/mol. The summed E-state index contributed by atoms with van der Waals surface area (Å²) in [4.78, 5) is 12.1. The lowest BCUT2D eigenvalue weighted by Gasteiger charge is -2.36. The Hall–Kier alpha value is -1.66. The van der Waals surface area contributed by atoms with E-state index in [0.717, 1.165) is 35.9 Å². The first-order valence-electron chi connectivity index (χ1n) is 9.42. The summed E-state index contributed by atoms with van der Waals surface area (Å²) in [6.07, 6.45) is 3.19. The summed E-state index contributed by atoms with van der Waals surface area (Å²) >= 11 is 0. The normalized spacial score (nSPS) is 13.8. The smallest absolute Gasteiger partial charge is 0.160 e. The molecule has 0 aromatic heterocycles. The van der Waals surface area contributed by atoms with Gasteiger partial charge in [-0.05, 0) is 44.5 Å². The molecule has 0 bridgehead atoms. The fourth-order valence-electron chi connectivity index (χ4n) is 3.88. The molecule has 2 aromatic rings. The molecule has 0 spiro atoms. The average Bonchev–Trinajstić information content (AvgIpc) is 2.61. The van der Waals surface area contributed by atoms with Gasteiger partial charge in [-0.1, -0.05) is 70.8 Å². The maximum absolute atomic E-state index is 12.1. The largest absolute Gasteiger partial charge is 0.496 e. The maximum Gasteiger partial charge on any atom is 0.160 e. The molecule has 140 valence electrons. The van der Waals surface area contributed by atoms with E-state index in [1.54, 1.807) is 14.0 Å². The standard InChI is InChI=1S/C23H31O2P/c1-7-13-23(8-2,20-15-16(3)14-17(4)22(20)25-6)26-21-12-10-9-11-19(21)18(5)24/h9-12,14-15,26H,7-8,13H2,1-6H3. The molecule has 0 aliphatic rings. The van der Waals surface area contributed by atoms with Crippen LogP contribution in [0, 0.1) is 13.8 Å². The van der Waals surface area contributed by atoms with Crippen molar-refractivity contribution in [1.82, 2.24) is 0 Å². The molecule has 26 heavy (non-hydrogen) atoms. The molecule has 2 nitrogen and oxygen atoms in total. The monoisotopic (exact) mass is 370 g/mol. The second kappa shape index (κ2) is 8.82. The second-order valence-corrected chi connectivity index (χ2v) is 8.82. The Morgan fingerprint density at radius 3 is 2.42 bits per heavy atom. The molecule has 0 aliphatic heterocycles. The first kappa shape index (κ1) is 20.6. The van der Waals surface area contributed by atoms with Gasteiger partial charge in [-0.15, -0.1) is 0 Å². The molecule has 0 amide bonds. The third-order valence-corrected chi connectivity index (χ3v) is 7.16. The van der Waals surface area contributed by atoms with Crippen molar-refractivity contribution in [3.8, 4) is 5.75 Å². The first-order valence-corrected chi connectivity index (χ1v) is 10.4. The van der Waals surface area contributed by atoms with Crippen LogP contribution in [-0.4, -0.2) is 12.9 Å². The summed E-state index contributed by atoms with van der Waals surface area (Å²) in [6.45, 7) is 10.4. The number of Topliss-reactive ketones (excluding diaryl/α,β-unsaturated/α-hetero) is 1. The van der Waals surface area contributed by atoms with Gasteiger partial charge < -0.3 is 4.74 Å². The number of ether oxygens (including phenoxy) is 1. The molecule has 2 aromatic carbocycles. The molecular formula is C23H31O2P. The fraction of sp³-hybridized carbons (Fsp3) is 0.435. The zero-order chi connectivity index (χ0) is 19.3. The molecule has 0 radical (unpaired) electrons. The molecule has 0 heterocycles. The van der Waals surface area contributed by atoms with Crippen molar-refractivity contribution in [2.75, 3.05) is 7.11 Å². The van der Waals surface area contributed by atoms with Crippen molar-refractivity contribution in [3.05, 3.63) is 58.7 Å². The number of carbonyl (C=O) groups excluding carboxylic acids is 1. The van der Waals surface area contributed by atoms with Crippen molar-refractivity contribution in [2.45, 2.75) is 59.0 Å². The molecule has 2 unspecified atom stereocenters. The quantitative estimate of drug-likeness (QED) is 0.426. The van der Waals surface area contributed by atoms with Crippen LogP contribution in [0.25, 0.3) is 0 Å². The lowest BCUT2D eigenvalue weighted by atomic mass is 9.87. The zero-order valence-corrected chi connectivity index (χ0v) is 17.9. The van der Waals surface area contributed by atoms with Gasteiger partial charge in [0.25, 0.3) is 0 Å². The highest BCUT2D eigenvalue weighted by Gasteiger charge is 2.34. The Morgan fingerprint density at radius 2 is 1.85 bits per heavy atom. The number of hydrogen-bond acceptors (Lipinski definition) is 2. The number of ketones is 1. The van der Waals surface area contributed by atoms with Crippen molar-refractivity contribution in [1.29, 1.82) is 0 Å². The first-order chi connectivity index (χ1) is 12.4. The highest BCUT2D eigenvalue weighted by Crippen LogP contribution is 2.52. The van der Waals surface area contributed by atoms with Gasteiger partial charge in [-0.25, -0.2) is 0 Å². The minimum atomic E-state index is -0.0115. The van der Waals surface area contributed by atoms with Gasteiger partial charge in [-0.2, -0.15) is 0 Å². The summed E-state index contributed by atoms with van der Waals surface area (Å²) in [6, 6.07) is 12.5. The molecular weight excluding hydrogens is 339 g/mol. The maximum atomic E-state index is 12.1. The number of methoxy groups -OCH3 is 1. The predicted octanol–water partition coefficient (Wildman–Crippen LogP) is 5.92. The van der Waals surface area contributed by atoms with Crippen molar-refractivity contribution >= 4 is 19.7 Å². The minimum Gasteiger partial charge on any atom is -0.496 e. The summed E-state index contributed by atoms with van der Waals surface area (Å²) in [5.74, 6) is 1.14. The second-order valence-electron chi connectivity index (χ2n) is 7.08. The van der Waals surface area contributed by atoms with Crippen LogP contribution in [0.5, 0.6) is 5.75 Å². The number of benzene rings is 2. The lowest BCUT2D eigenvalue weighted by molar-refractivity contribution is 0.101. The van der Waals surface area contributed by atoms with E-state index in [4.69, 9.17) is 4.74 Å². The highest BCUT2D eigenvalue weighted by atomic mass is 31.1. The SMILES string of the molecule is CCCC(CC)(Pc1ccccc1C(C)=O)c1cc(C)cc(C)c1OC. The Kier molecular flexibility index (Phi) is 7.01. The van der Waals surface area contributed by atoms with E-state index in [9.17, 15) is 4.79 Å². The Labute approximate surface area is 160 Å². The Bertz CT molecular complexity index is 782. The van der Waals surface area contributed by atoms with Gasteiger partial charge in [-0.3, -0.25) is 4.79 Å². The van der Waals surface area contributed by atoms with Crippen LogP contribution in [-0.2, 0) is 5.16 Å².